The highest BCUT2D eigenvalue weighted by Gasteiger charge is 2.28. The molecule has 0 aliphatic rings. The third-order valence-electron chi connectivity index (χ3n) is 5.48. The van der Waals surface area contributed by atoms with E-state index in [1.54, 1.807) is 25.3 Å². The summed E-state index contributed by atoms with van der Waals surface area (Å²) < 4.78 is 15.5. The van der Waals surface area contributed by atoms with E-state index in [1.807, 2.05) is 66.7 Å². The van der Waals surface area contributed by atoms with Gasteiger partial charge in [0.1, 0.15) is 24.4 Å². The van der Waals surface area contributed by atoms with E-state index in [1.165, 1.54) is 7.11 Å². The van der Waals surface area contributed by atoms with E-state index in [2.05, 4.69) is 10.6 Å². The first-order valence-corrected chi connectivity index (χ1v) is 11.5. The van der Waals surface area contributed by atoms with Crippen molar-refractivity contribution >= 4 is 18.0 Å². The molecule has 188 valence electrons. The Bertz CT molecular complexity index is 1140. The van der Waals surface area contributed by atoms with Gasteiger partial charge in [-0.15, -0.1) is 0 Å². The molecule has 2 atom stereocenters. The predicted molar refractivity (Wildman–Crippen MR) is 134 cm³/mol. The summed E-state index contributed by atoms with van der Waals surface area (Å²) in [7, 11) is 2.81. The lowest BCUT2D eigenvalue weighted by molar-refractivity contribution is -0.145. The molecule has 0 spiro atoms. The summed E-state index contributed by atoms with van der Waals surface area (Å²) in [5.74, 6) is -0.502. The van der Waals surface area contributed by atoms with E-state index >= 15 is 0 Å². The van der Waals surface area contributed by atoms with Crippen LogP contribution in [0.4, 0.5) is 4.79 Å². The molecule has 0 unspecified atom stereocenters. The number of amides is 2. The minimum absolute atomic E-state index is 0.0625. The topological polar surface area (TPSA) is 103 Å². The van der Waals surface area contributed by atoms with Gasteiger partial charge in [0.25, 0.3) is 0 Å². The van der Waals surface area contributed by atoms with Crippen molar-refractivity contribution in [2.75, 3.05) is 14.2 Å². The molecule has 0 radical (unpaired) electrons. The largest absolute Gasteiger partial charge is 0.497 e. The monoisotopic (exact) mass is 490 g/mol. The fourth-order valence-corrected chi connectivity index (χ4v) is 3.61. The van der Waals surface area contributed by atoms with Gasteiger partial charge >= 0.3 is 12.1 Å². The molecular weight excluding hydrogens is 460 g/mol. The van der Waals surface area contributed by atoms with Crippen LogP contribution in [0.3, 0.4) is 0 Å². The molecule has 0 aliphatic carbocycles. The van der Waals surface area contributed by atoms with Gasteiger partial charge in [-0.05, 0) is 28.8 Å². The zero-order valence-electron chi connectivity index (χ0n) is 20.3. The first-order chi connectivity index (χ1) is 17.5. The van der Waals surface area contributed by atoms with E-state index < -0.39 is 30.1 Å². The smallest absolute Gasteiger partial charge is 0.408 e. The van der Waals surface area contributed by atoms with Gasteiger partial charge in [0.05, 0.1) is 14.2 Å². The molecule has 2 amide bonds. The SMILES string of the molecule is COC(=O)[C@@H](Cc1cccc(OC)c1)NC(=O)[C@H](Cc1ccccc1)NC(=O)OCc1ccccc1. The first-order valence-electron chi connectivity index (χ1n) is 11.5. The van der Waals surface area contributed by atoms with Gasteiger partial charge in [0.15, 0.2) is 0 Å². The Labute approximate surface area is 210 Å². The summed E-state index contributed by atoms with van der Waals surface area (Å²) in [5, 5.41) is 5.36. The van der Waals surface area contributed by atoms with Gasteiger partial charge in [0.2, 0.25) is 5.91 Å². The Morgan fingerprint density at radius 2 is 1.33 bits per heavy atom. The van der Waals surface area contributed by atoms with Gasteiger partial charge in [-0.1, -0.05) is 72.8 Å². The Balaban J connectivity index is 1.72. The number of nitrogens with one attached hydrogen (secondary N) is 2. The number of ether oxygens (including phenoxy) is 3. The maximum Gasteiger partial charge on any atom is 0.408 e. The standard InChI is InChI=1S/C28H30N2O6/c1-34-23-15-9-14-22(16-23)18-25(27(32)35-2)29-26(31)24(17-20-10-5-3-6-11-20)30-28(33)36-19-21-12-7-4-8-13-21/h3-16,24-25H,17-19H2,1-2H3,(H,29,31)(H,30,33)/t24-,25+/m0/s1. The molecular formula is C28H30N2O6. The van der Waals surface area contributed by atoms with Crippen LogP contribution >= 0.6 is 0 Å². The summed E-state index contributed by atoms with van der Waals surface area (Å²) in [4.78, 5) is 38.3. The molecule has 0 heterocycles. The van der Waals surface area contributed by atoms with Crippen LogP contribution in [0.1, 0.15) is 16.7 Å². The highest BCUT2D eigenvalue weighted by atomic mass is 16.5. The lowest BCUT2D eigenvalue weighted by Crippen LogP contribution is -2.53. The van der Waals surface area contributed by atoms with Gasteiger partial charge < -0.3 is 24.8 Å². The van der Waals surface area contributed by atoms with Crippen molar-refractivity contribution in [3.63, 3.8) is 0 Å². The van der Waals surface area contributed by atoms with E-state index in [9.17, 15) is 14.4 Å². The van der Waals surface area contributed by atoms with Crippen LogP contribution in [0.5, 0.6) is 5.75 Å². The van der Waals surface area contributed by atoms with Crippen LogP contribution in [-0.2, 0) is 38.5 Å². The second-order valence-corrected chi connectivity index (χ2v) is 8.09. The molecule has 3 aromatic carbocycles. The molecule has 0 bridgehead atoms. The van der Waals surface area contributed by atoms with Gasteiger partial charge in [0, 0.05) is 12.8 Å². The van der Waals surface area contributed by atoms with Crippen LogP contribution in [0, 0.1) is 0 Å². The molecule has 8 heteroatoms. The summed E-state index contributed by atoms with van der Waals surface area (Å²) in [5.41, 5.74) is 2.43. The van der Waals surface area contributed by atoms with Gasteiger partial charge in [-0.2, -0.15) is 0 Å². The van der Waals surface area contributed by atoms with Crippen molar-refractivity contribution in [2.24, 2.45) is 0 Å². The zero-order chi connectivity index (χ0) is 25.8. The summed E-state index contributed by atoms with van der Waals surface area (Å²) >= 11 is 0. The number of benzene rings is 3. The molecule has 0 aromatic heterocycles. The molecule has 0 aliphatic heterocycles. The molecule has 2 N–H and O–H groups in total. The average molecular weight is 491 g/mol. The number of carbonyl (C=O) groups is 3. The summed E-state index contributed by atoms with van der Waals surface area (Å²) in [6.07, 6.45) is -0.343. The Morgan fingerprint density at radius 3 is 1.97 bits per heavy atom. The van der Waals surface area contributed by atoms with E-state index in [-0.39, 0.29) is 19.4 Å². The minimum atomic E-state index is -0.979. The number of esters is 1. The molecule has 3 aromatic rings. The fourth-order valence-electron chi connectivity index (χ4n) is 3.61. The maximum absolute atomic E-state index is 13.3. The van der Waals surface area contributed by atoms with E-state index in [0.29, 0.717) is 5.75 Å². The van der Waals surface area contributed by atoms with Crippen molar-refractivity contribution in [2.45, 2.75) is 31.5 Å². The van der Waals surface area contributed by atoms with Crippen LogP contribution in [0.15, 0.2) is 84.9 Å². The summed E-state index contributed by atoms with van der Waals surface area (Å²) in [6, 6.07) is 23.7. The second kappa shape index (κ2) is 13.5. The lowest BCUT2D eigenvalue weighted by Gasteiger charge is -2.22. The molecule has 0 saturated carbocycles. The Hall–Kier alpha value is -4.33. The number of hydrogen-bond acceptors (Lipinski definition) is 6. The number of hydrogen-bond donors (Lipinski definition) is 2. The quantitative estimate of drug-likeness (QED) is 0.399. The third kappa shape index (κ3) is 8.16. The molecule has 3 rings (SSSR count). The normalized spacial score (nSPS) is 12.1. The van der Waals surface area contributed by atoms with E-state index in [4.69, 9.17) is 14.2 Å². The molecule has 0 fully saturated rings. The average Bonchev–Trinajstić information content (AvgIpc) is 2.92. The first kappa shape index (κ1) is 26.3. The Kier molecular flexibility index (Phi) is 9.88. The van der Waals surface area contributed by atoms with Crippen molar-refractivity contribution in [1.29, 1.82) is 0 Å². The zero-order valence-corrected chi connectivity index (χ0v) is 20.3. The van der Waals surface area contributed by atoms with Crippen molar-refractivity contribution in [3.8, 4) is 5.75 Å². The van der Waals surface area contributed by atoms with Crippen molar-refractivity contribution < 1.29 is 28.6 Å². The van der Waals surface area contributed by atoms with Crippen LogP contribution in [0.2, 0.25) is 0 Å². The highest BCUT2D eigenvalue weighted by Crippen LogP contribution is 2.15. The minimum Gasteiger partial charge on any atom is -0.497 e. The van der Waals surface area contributed by atoms with Crippen molar-refractivity contribution in [3.05, 3.63) is 102 Å². The summed E-state index contributed by atoms with van der Waals surface area (Å²) in [6.45, 7) is 0.0625. The number of methoxy groups -OCH3 is 2. The van der Waals surface area contributed by atoms with Crippen molar-refractivity contribution in [1.82, 2.24) is 10.6 Å². The second-order valence-electron chi connectivity index (χ2n) is 8.09. The molecule has 0 saturated heterocycles. The number of carbonyl (C=O) groups excluding carboxylic acids is 3. The van der Waals surface area contributed by atoms with Gasteiger partial charge in [-0.25, -0.2) is 9.59 Å². The fraction of sp³-hybridized carbons (Fsp3) is 0.250. The highest BCUT2D eigenvalue weighted by molar-refractivity contribution is 5.90. The van der Waals surface area contributed by atoms with Crippen LogP contribution < -0.4 is 15.4 Å². The van der Waals surface area contributed by atoms with E-state index in [0.717, 1.165) is 16.7 Å². The lowest BCUT2D eigenvalue weighted by atomic mass is 10.0. The third-order valence-corrected chi connectivity index (χ3v) is 5.48. The van der Waals surface area contributed by atoms with Crippen LogP contribution in [-0.4, -0.2) is 44.3 Å². The number of alkyl carbamates (subject to hydrolysis) is 1. The maximum atomic E-state index is 13.3. The molecule has 36 heavy (non-hydrogen) atoms. The number of rotatable bonds is 11. The van der Waals surface area contributed by atoms with Gasteiger partial charge in [-0.3, -0.25) is 4.79 Å². The molecule has 8 nitrogen and oxygen atoms in total. The van der Waals surface area contributed by atoms with Crippen LogP contribution in [0.25, 0.3) is 0 Å². The predicted octanol–water partition coefficient (Wildman–Crippen LogP) is 3.43. The Morgan fingerprint density at radius 1 is 0.722 bits per heavy atom.